The van der Waals surface area contributed by atoms with Gasteiger partial charge in [0.15, 0.2) is 0 Å². The molecule has 0 bridgehead atoms. The average Bonchev–Trinajstić information content (AvgIpc) is 2.55. The predicted molar refractivity (Wildman–Crippen MR) is 87.9 cm³/mol. The van der Waals surface area contributed by atoms with Crippen molar-refractivity contribution in [2.75, 3.05) is 18.0 Å². The predicted octanol–water partition coefficient (Wildman–Crippen LogP) is 2.56. The van der Waals surface area contributed by atoms with E-state index in [0.717, 1.165) is 24.5 Å². The van der Waals surface area contributed by atoms with Crippen molar-refractivity contribution in [2.45, 2.75) is 27.3 Å². The molecule has 1 aromatic heterocycles. The molecule has 0 saturated heterocycles. The maximum Gasteiger partial charge on any atom is 0.270 e. The smallest absolute Gasteiger partial charge is 0.270 e. The van der Waals surface area contributed by atoms with Gasteiger partial charge in [0.2, 0.25) is 0 Å². The number of nitrogens with zero attached hydrogens (tertiary/aromatic N) is 3. The van der Waals surface area contributed by atoms with Gasteiger partial charge in [0, 0.05) is 25.7 Å². The van der Waals surface area contributed by atoms with Crippen LogP contribution in [0.3, 0.4) is 0 Å². The minimum absolute atomic E-state index is 0.184. The second-order valence-electron chi connectivity index (χ2n) is 5.10. The maximum atomic E-state index is 12.2. The molecular weight excluding hydrogens is 276 g/mol. The van der Waals surface area contributed by atoms with Gasteiger partial charge in [-0.3, -0.25) is 4.79 Å². The lowest BCUT2D eigenvalue weighted by atomic mass is 10.1. The van der Waals surface area contributed by atoms with E-state index in [1.807, 2.05) is 31.2 Å². The Labute approximate surface area is 131 Å². The molecule has 1 aromatic carbocycles. The molecule has 116 valence electrons. The Kier molecular flexibility index (Phi) is 5.47. The summed E-state index contributed by atoms with van der Waals surface area (Å²) in [6.45, 7) is 8.34. The number of nitrogens with one attached hydrogen (secondary N) is 1. The quantitative estimate of drug-likeness (QED) is 0.890. The molecule has 0 aliphatic rings. The molecule has 1 amide bonds. The Morgan fingerprint density at radius 3 is 2.45 bits per heavy atom. The standard InChI is InChI=1S/C17H22N4O/c1-4-21(5-2)16-10-15(19-12-20-16)17(22)18-11-14-8-6-13(3)7-9-14/h6-10,12H,4-5,11H2,1-3H3,(H,18,22). The number of aryl methyl sites for hydroxylation is 1. The lowest BCUT2D eigenvalue weighted by molar-refractivity contribution is 0.0945. The van der Waals surface area contributed by atoms with Crippen LogP contribution in [0.5, 0.6) is 0 Å². The summed E-state index contributed by atoms with van der Waals surface area (Å²) in [4.78, 5) is 22.6. The number of hydrogen-bond acceptors (Lipinski definition) is 4. The zero-order valence-electron chi connectivity index (χ0n) is 13.3. The van der Waals surface area contributed by atoms with Crippen LogP contribution in [-0.4, -0.2) is 29.0 Å². The van der Waals surface area contributed by atoms with Crippen molar-refractivity contribution >= 4 is 11.7 Å². The molecule has 5 heteroatoms. The summed E-state index contributed by atoms with van der Waals surface area (Å²) in [5, 5.41) is 2.89. The van der Waals surface area contributed by atoms with Crippen LogP contribution in [0.1, 0.15) is 35.5 Å². The third-order valence-electron chi connectivity index (χ3n) is 3.55. The first-order valence-electron chi connectivity index (χ1n) is 7.54. The van der Waals surface area contributed by atoms with Gasteiger partial charge in [-0.05, 0) is 26.3 Å². The van der Waals surface area contributed by atoms with Crippen LogP contribution in [-0.2, 0) is 6.54 Å². The van der Waals surface area contributed by atoms with Gasteiger partial charge in [-0.25, -0.2) is 9.97 Å². The molecule has 1 N–H and O–H groups in total. The van der Waals surface area contributed by atoms with E-state index in [4.69, 9.17) is 0 Å². The number of rotatable bonds is 6. The second-order valence-corrected chi connectivity index (χ2v) is 5.10. The molecule has 0 radical (unpaired) electrons. The molecule has 0 aliphatic heterocycles. The minimum Gasteiger partial charge on any atom is -0.357 e. The van der Waals surface area contributed by atoms with Crippen molar-refractivity contribution in [3.8, 4) is 0 Å². The molecule has 5 nitrogen and oxygen atoms in total. The fraction of sp³-hybridized carbons (Fsp3) is 0.353. The molecule has 0 saturated carbocycles. The summed E-state index contributed by atoms with van der Waals surface area (Å²) in [5.41, 5.74) is 2.66. The Morgan fingerprint density at radius 1 is 1.14 bits per heavy atom. The van der Waals surface area contributed by atoms with Gasteiger partial charge < -0.3 is 10.2 Å². The van der Waals surface area contributed by atoms with E-state index in [1.54, 1.807) is 6.07 Å². The van der Waals surface area contributed by atoms with Gasteiger partial charge in [0.25, 0.3) is 5.91 Å². The fourth-order valence-corrected chi connectivity index (χ4v) is 2.17. The molecule has 2 rings (SSSR count). The summed E-state index contributed by atoms with van der Waals surface area (Å²) < 4.78 is 0. The normalized spacial score (nSPS) is 10.3. The lowest BCUT2D eigenvalue weighted by Crippen LogP contribution is -2.26. The lowest BCUT2D eigenvalue weighted by Gasteiger charge is -2.19. The van der Waals surface area contributed by atoms with Crippen molar-refractivity contribution in [3.63, 3.8) is 0 Å². The topological polar surface area (TPSA) is 58.1 Å². The van der Waals surface area contributed by atoms with Crippen molar-refractivity contribution in [1.29, 1.82) is 0 Å². The highest BCUT2D eigenvalue weighted by atomic mass is 16.1. The number of carbonyl (C=O) groups is 1. The van der Waals surface area contributed by atoms with Crippen LogP contribution in [0.25, 0.3) is 0 Å². The molecular formula is C17H22N4O. The van der Waals surface area contributed by atoms with Gasteiger partial charge >= 0.3 is 0 Å². The molecule has 0 atom stereocenters. The van der Waals surface area contributed by atoms with Crippen LogP contribution in [0.15, 0.2) is 36.7 Å². The molecule has 2 aromatic rings. The van der Waals surface area contributed by atoms with Crippen LogP contribution in [0.4, 0.5) is 5.82 Å². The highest BCUT2D eigenvalue weighted by molar-refractivity contribution is 5.92. The molecule has 22 heavy (non-hydrogen) atoms. The Hall–Kier alpha value is -2.43. The van der Waals surface area contributed by atoms with Crippen molar-refractivity contribution < 1.29 is 4.79 Å². The number of amides is 1. The van der Waals surface area contributed by atoms with Crippen LogP contribution in [0.2, 0.25) is 0 Å². The highest BCUT2D eigenvalue weighted by Gasteiger charge is 2.11. The molecule has 1 heterocycles. The van der Waals surface area contributed by atoms with Crippen molar-refractivity contribution in [3.05, 3.63) is 53.5 Å². The summed E-state index contributed by atoms with van der Waals surface area (Å²) in [7, 11) is 0. The van der Waals surface area contributed by atoms with Crippen molar-refractivity contribution in [2.24, 2.45) is 0 Å². The van der Waals surface area contributed by atoms with Crippen LogP contribution in [0, 0.1) is 6.92 Å². The average molecular weight is 298 g/mol. The van der Waals surface area contributed by atoms with Crippen LogP contribution >= 0.6 is 0 Å². The fourth-order valence-electron chi connectivity index (χ4n) is 2.17. The minimum atomic E-state index is -0.184. The Bertz CT molecular complexity index is 621. The Morgan fingerprint density at radius 2 is 1.82 bits per heavy atom. The maximum absolute atomic E-state index is 12.2. The third kappa shape index (κ3) is 4.04. The van der Waals surface area contributed by atoms with E-state index in [-0.39, 0.29) is 5.91 Å². The zero-order valence-corrected chi connectivity index (χ0v) is 13.3. The Balaban J connectivity index is 2.03. The highest BCUT2D eigenvalue weighted by Crippen LogP contribution is 2.10. The second kappa shape index (κ2) is 7.54. The first kappa shape index (κ1) is 15.9. The largest absolute Gasteiger partial charge is 0.357 e. The van der Waals surface area contributed by atoms with Gasteiger partial charge in [0.1, 0.15) is 17.8 Å². The number of anilines is 1. The van der Waals surface area contributed by atoms with Gasteiger partial charge in [0.05, 0.1) is 0 Å². The molecule has 0 unspecified atom stereocenters. The van der Waals surface area contributed by atoms with Gasteiger partial charge in [-0.2, -0.15) is 0 Å². The first-order chi connectivity index (χ1) is 10.6. The summed E-state index contributed by atoms with van der Waals surface area (Å²) >= 11 is 0. The number of aromatic nitrogens is 2. The van der Waals surface area contributed by atoms with E-state index in [0.29, 0.717) is 12.2 Å². The van der Waals surface area contributed by atoms with Crippen molar-refractivity contribution in [1.82, 2.24) is 15.3 Å². The number of benzene rings is 1. The first-order valence-corrected chi connectivity index (χ1v) is 7.54. The molecule has 0 spiro atoms. The zero-order chi connectivity index (χ0) is 15.9. The summed E-state index contributed by atoms with van der Waals surface area (Å²) in [5.74, 6) is 0.594. The summed E-state index contributed by atoms with van der Waals surface area (Å²) in [6, 6.07) is 9.82. The molecule has 0 aliphatic carbocycles. The monoisotopic (exact) mass is 298 g/mol. The van der Waals surface area contributed by atoms with E-state index < -0.39 is 0 Å². The van der Waals surface area contributed by atoms with Crippen LogP contribution < -0.4 is 10.2 Å². The third-order valence-corrected chi connectivity index (χ3v) is 3.55. The SMILES string of the molecule is CCN(CC)c1cc(C(=O)NCc2ccc(C)cc2)ncn1. The van der Waals surface area contributed by atoms with E-state index >= 15 is 0 Å². The van der Waals surface area contributed by atoms with Gasteiger partial charge in [-0.1, -0.05) is 29.8 Å². The van der Waals surface area contributed by atoms with Gasteiger partial charge in [-0.15, -0.1) is 0 Å². The van der Waals surface area contributed by atoms with E-state index in [1.165, 1.54) is 11.9 Å². The summed E-state index contributed by atoms with van der Waals surface area (Å²) in [6.07, 6.45) is 1.44. The van der Waals surface area contributed by atoms with E-state index in [2.05, 4.69) is 34.0 Å². The van der Waals surface area contributed by atoms with E-state index in [9.17, 15) is 4.79 Å². The number of carbonyl (C=O) groups excluding carboxylic acids is 1. The number of hydrogen-bond donors (Lipinski definition) is 1. The molecule has 0 fully saturated rings.